The predicted octanol–water partition coefficient (Wildman–Crippen LogP) is 4.56. The first-order valence-corrected chi connectivity index (χ1v) is 6.86. The number of hydrogen-bond acceptors (Lipinski definition) is 3. The Labute approximate surface area is 130 Å². The van der Waals surface area contributed by atoms with Gasteiger partial charge in [0.05, 0.1) is 11.1 Å². The minimum absolute atomic E-state index is 0.0678. The van der Waals surface area contributed by atoms with E-state index in [1.54, 1.807) is 20.8 Å². The molecule has 0 saturated carbocycles. The van der Waals surface area contributed by atoms with Crippen LogP contribution in [-0.2, 0) is 10.9 Å². The second-order valence-electron chi connectivity index (χ2n) is 6.20. The molecule has 0 aliphatic carbocycles. The van der Waals surface area contributed by atoms with E-state index >= 15 is 0 Å². The van der Waals surface area contributed by atoms with Gasteiger partial charge in [0, 0.05) is 17.1 Å². The molecule has 23 heavy (non-hydrogen) atoms. The molecule has 1 aromatic carbocycles. The van der Waals surface area contributed by atoms with E-state index in [1.807, 2.05) is 0 Å². The van der Waals surface area contributed by atoms with Gasteiger partial charge in [-0.1, -0.05) is 0 Å². The summed E-state index contributed by atoms with van der Waals surface area (Å²) in [5, 5.41) is 0.0678. The quantitative estimate of drug-likeness (QED) is 0.721. The van der Waals surface area contributed by atoms with Crippen molar-refractivity contribution < 1.29 is 27.5 Å². The summed E-state index contributed by atoms with van der Waals surface area (Å²) in [7, 11) is 0. The molecule has 0 unspecified atom stereocenters. The van der Waals surface area contributed by atoms with Crippen LogP contribution in [0, 0.1) is 6.92 Å². The molecule has 0 fully saturated rings. The van der Waals surface area contributed by atoms with Crippen molar-refractivity contribution in [2.75, 3.05) is 0 Å². The third kappa shape index (κ3) is 3.23. The number of aromatic nitrogens is 1. The van der Waals surface area contributed by atoms with E-state index in [1.165, 1.54) is 19.2 Å². The van der Waals surface area contributed by atoms with Crippen molar-refractivity contribution in [1.82, 2.24) is 4.57 Å². The first-order valence-electron chi connectivity index (χ1n) is 6.86. The van der Waals surface area contributed by atoms with E-state index in [9.17, 15) is 22.8 Å². The zero-order valence-electron chi connectivity index (χ0n) is 13.1. The number of ether oxygens (including phenoxy) is 1. The van der Waals surface area contributed by atoms with Crippen LogP contribution >= 0.6 is 0 Å². The van der Waals surface area contributed by atoms with E-state index in [4.69, 9.17) is 4.74 Å². The van der Waals surface area contributed by atoms with Gasteiger partial charge in [0.15, 0.2) is 6.29 Å². The Bertz CT molecular complexity index is 782. The molecule has 0 amide bonds. The fourth-order valence-corrected chi connectivity index (χ4v) is 2.38. The van der Waals surface area contributed by atoms with E-state index < -0.39 is 29.0 Å². The Balaban J connectivity index is 2.71. The van der Waals surface area contributed by atoms with Crippen LogP contribution in [0.25, 0.3) is 10.9 Å². The standard InChI is InChI=1S/C16H16F3NO3/c1-9-7-12(16(17,18)19)11(8-21)10-5-6-20(13(9)10)14(22)23-15(2,3)4/h5-8H,1-4H3. The molecule has 0 atom stereocenters. The Kier molecular flexibility index (Phi) is 4.00. The van der Waals surface area contributed by atoms with Gasteiger partial charge in [-0.05, 0) is 45.4 Å². The first kappa shape index (κ1) is 17.1. The number of carbonyl (C=O) groups excluding carboxylic acids is 2. The number of fused-ring (bicyclic) bond motifs is 1. The second kappa shape index (κ2) is 5.40. The van der Waals surface area contributed by atoms with Crippen LogP contribution < -0.4 is 0 Å². The van der Waals surface area contributed by atoms with Crippen LogP contribution in [0.5, 0.6) is 0 Å². The number of aldehydes is 1. The zero-order chi connectivity index (χ0) is 17.6. The summed E-state index contributed by atoms with van der Waals surface area (Å²) < 4.78 is 45.6. The van der Waals surface area contributed by atoms with Crippen molar-refractivity contribution >= 4 is 23.3 Å². The lowest BCUT2D eigenvalue weighted by Crippen LogP contribution is -2.27. The maximum atomic E-state index is 13.1. The van der Waals surface area contributed by atoms with Crippen LogP contribution in [0.3, 0.4) is 0 Å². The second-order valence-corrected chi connectivity index (χ2v) is 6.20. The number of rotatable bonds is 1. The van der Waals surface area contributed by atoms with Crippen molar-refractivity contribution in [3.63, 3.8) is 0 Å². The number of benzene rings is 1. The summed E-state index contributed by atoms with van der Waals surface area (Å²) >= 11 is 0. The highest BCUT2D eigenvalue weighted by Gasteiger charge is 2.35. The molecular formula is C16H16F3NO3. The highest BCUT2D eigenvalue weighted by molar-refractivity contribution is 6.03. The molecule has 0 aliphatic rings. The summed E-state index contributed by atoms with van der Waals surface area (Å²) in [4.78, 5) is 23.4. The largest absolute Gasteiger partial charge is 0.443 e. The molecule has 1 aromatic heterocycles. The van der Waals surface area contributed by atoms with Gasteiger partial charge >= 0.3 is 12.3 Å². The van der Waals surface area contributed by atoms with Gasteiger partial charge in [0.2, 0.25) is 0 Å². The Morgan fingerprint density at radius 2 is 1.87 bits per heavy atom. The maximum absolute atomic E-state index is 13.1. The summed E-state index contributed by atoms with van der Waals surface area (Å²) in [6.07, 6.45) is -3.90. The van der Waals surface area contributed by atoms with Gasteiger partial charge in [-0.3, -0.25) is 9.36 Å². The fourth-order valence-electron chi connectivity index (χ4n) is 2.38. The van der Waals surface area contributed by atoms with Crippen molar-refractivity contribution in [3.8, 4) is 0 Å². The number of halogens is 3. The van der Waals surface area contributed by atoms with Crippen LogP contribution in [0.1, 0.15) is 42.3 Å². The topological polar surface area (TPSA) is 48.3 Å². The molecule has 0 aliphatic heterocycles. The summed E-state index contributed by atoms with van der Waals surface area (Å²) in [5.41, 5.74) is -1.79. The van der Waals surface area contributed by atoms with E-state index in [2.05, 4.69) is 0 Å². The number of nitrogens with zero attached hydrogens (tertiary/aromatic N) is 1. The third-order valence-electron chi connectivity index (χ3n) is 3.21. The minimum atomic E-state index is -4.65. The molecule has 0 radical (unpaired) electrons. The van der Waals surface area contributed by atoms with E-state index in [0.717, 1.165) is 10.6 Å². The average molecular weight is 327 g/mol. The average Bonchev–Trinajstić information content (AvgIpc) is 2.80. The minimum Gasteiger partial charge on any atom is -0.443 e. The lowest BCUT2D eigenvalue weighted by molar-refractivity contribution is -0.137. The lowest BCUT2D eigenvalue weighted by atomic mass is 10.00. The van der Waals surface area contributed by atoms with Gasteiger partial charge in [-0.2, -0.15) is 13.2 Å². The summed E-state index contributed by atoms with van der Waals surface area (Å²) in [5.74, 6) is 0. The highest BCUT2D eigenvalue weighted by atomic mass is 19.4. The molecule has 1 heterocycles. The van der Waals surface area contributed by atoms with E-state index in [-0.39, 0.29) is 22.8 Å². The van der Waals surface area contributed by atoms with Gasteiger partial charge in [0.1, 0.15) is 5.60 Å². The fraction of sp³-hybridized carbons (Fsp3) is 0.375. The molecule has 4 nitrogen and oxygen atoms in total. The van der Waals surface area contributed by atoms with Crippen molar-refractivity contribution in [1.29, 1.82) is 0 Å². The zero-order valence-corrected chi connectivity index (χ0v) is 13.1. The third-order valence-corrected chi connectivity index (χ3v) is 3.21. The van der Waals surface area contributed by atoms with Gasteiger partial charge in [0.25, 0.3) is 0 Å². The van der Waals surface area contributed by atoms with E-state index in [0.29, 0.717) is 0 Å². The molecule has 2 aromatic rings. The van der Waals surface area contributed by atoms with Crippen molar-refractivity contribution in [3.05, 3.63) is 35.0 Å². The maximum Gasteiger partial charge on any atom is 0.419 e. The molecule has 0 spiro atoms. The van der Waals surface area contributed by atoms with Crippen LogP contribution in [0.4, 0.5) is 18.0 Å². The molecule has 7 heteroatoms. The van der Waals surface area contributed by atoms with Gasteiger partial charge < -0.3 is 4.74 Å². The monoisotopic (exact) mass is 327 g/mol. The normalized spacial score (nSPS) is 12.5. The Morgan fingerprint density at radius 1 is 1.26 bits per heavy atom. The number of aryl methyl sites for hydroxylation is 1. The number of carbonyl (C=O) groups is 2. The van der Waals surface area contributed by atoms with Gasteiger partial charge in [-0.15, -0.1) is 0 Å². The SMILES string of the molecule is Cc1cc(C(F)(F)F)c(C=O)c2ccn(C(=O)OC(C)(C)C)c12. The predicted molar refractivity (Wildman–Crippen MR) is 78.7 cm³/mol. The van der Waals surface area contributed by atoms with Crippen LogP contribution in [-0.4, -0.2) is 22.5 Å². The van der Waals surface area contributed by atoms with Gasteiger partial charge in [-0.25, -0.2) is 4.79 Å². The molecule has 124 valence electrons. The molecular weight excluding hydrogens is 311 g/mol. The molecule has 2 rings (SSSR count). The molecule has 0 bridgehead atoms. The number of alkyl halides is 3. The molecule has 0 saturated heterocycles. The summed E-state index contributed by atoms with van der Waals surface area (Å²) in [6.45, 7) is 6.50. The molecule has 0 N–H and O–H groups in total. The lowest BCUT2D eigenvalue weighted by Gasteiger charge is -2.20. The smallest absolute Gasteiger partial charge is 0.419 e. The highest BCUT2D eigenvalue weighted by Crippen LogP contribution is 2.37. The number of hydrogen-bond donors (Lipinski definition) is 0. The van der Waals surface area contributed by atoms with Crippen LogP contribution in [0.15, 0.2) is 18.3 Å². The van der Waals surface area contributed by atoms with Crippen molar-refractivity contribution in [2.24, 2.45) is 0 Å². The Hall–Kier alpha value is -2.31. The Morgan fingerprint density at radius 3 is 2.35 bits per heavy atom. The first-order chi connectivity index (χ1) is 10.5. The van der Waals surface area contributed by atoms with Crippen LogP contribution in [0.2, 0.25) is 0 Å². The van der Waals surface area contributed by atoms with Crippen molar-refractivity contribution in [2.45, 2.75) is 39.5 Å². The summed E-state index contributed by atoms with van der Waals surface area (Å²) in [6, 6.07) is 2.18.